The minimum Gasteiger partial charge on any atom is -0.497 e. The van der Waals surface area contributed by atoms with E-state index in [1.165, 1.54) is 5.92 Å². The quantitative estimate of drug-likeness (QED) is 0.619. The van der Waals surface area contributed by atoms with Gasteiger partial charge in [0, 0.05) is 0 Å². The molecule has 12 heavy (non-hydrogen) atoms. The van der Waals surface area contributed by atoms with Gasteiger partial charge in [0.05, 0.1) is 7.11 Å². The Hall–Kier alpha value is -0.980. The number of methoxy groups -OCH3 is 1. The lowest BCUT2D eigenvalue weighted by Gasteiger charge is -1.93. The number of hydrogen-bond donors (Lipinski definition) is 0. The Kier molecular flexibility index (Phi) is 6.16. The average molecular weight is 164 g/mol. The van der Waals surface area contributed by atoms with Crippen LogP contribution in [0.2, 0.25) is 0 Å². The van der Waals surface area contributed by atoms with Gasteiger partial charge < -0.3 is 4.74 Å². The van der Waals surface area contributed by atoms with E-state index in [-0.39, 0.29) is 0 Å². The largest absolute Gasteiger partial charge is 0.497 e. The van der Waals surface area contributed by atoms with Crippen LogP contribution in [0.1, 0.15) is 20.8 Å². The topological polar surface area (TPSA) is 9.23 Å². The van der Waals surface area contributed by atoms with E-state index in [0.29, 0.717) is 0 Å². The highest BCUT2D eigenvalue weighted by atomic mass is 16.5. The van der Waals surface area contributed by atoms with Crippen LogP contribution in [-0.4, -0.2) is 7.11 Å². The first-order valence-electron chi connectivity index (χ1n) is 3.93. The van der Waals surface area contributed by atoms with Crippen LogP contribution >= 0.6 is 0 Å². The molecule has 0 bridgehead atoms. The number of rotatable bonds is 1. The zero-order chi connectivity index (χ0) is 9.40. The van der Waals surface area contributed by atoms with Crippen molar-refractivity contribution in [3.63, 3.8) is 0 Å². The molecule has 0 heterocycles. The van der Waals surface area contributed by atoms with E-state index in [2.05, 4.69) is 26.8 Å². The lowest BCUT2D eigenvalue weighted by atomic mass is 10.3. The molecular formula is C11H16O. The zero-order valence-corrected chi connectivity index (χ0v) is 8.22. The maximum absolute atomic E-state index is 4.89. The summed E-state index contributed by atoms with van der Waals surface area (Å²) in [5.41, 5.74) is 0. The van der Waals surface area contributed by atoms with Crippen molar-refractivity contribution in [1.29, 1.82) is 0 Å². The second-order valence-electron chi connectivity index (χ2n) is 2.94. The van der Waals surface area contributed by atoms with Gasteiger partial charge in [0.15, 0.2) is 0 Å². The van der Waals surface area contributed by atoms with Gasteiger partial charge in [-0.25, -0.2) is 0 Å². The molecule has 0 saturated carbocycles. The van der Waals surface area contributed by atoms with Gasteiger partial charge in [-0.05, 0) is 24.1 Å². The van der Waals surface area contributed by atoms with Crippen LogP contribution < -0.4 is 4.74 Å². The van der Waals surface area contributed by atoms with Crippen LogP contribution in [0.25, 0.3) is 0 Å². The summed E-state index contributed by atoms with van der Waals surface area (Å²) in [6, 6.07) is 10.2. The molecule has 1 heteroatoms. The first-order valence-corrected chi connectivity index (χ1v) is 3.93. The van der Waals surface area contributed by atoms with Gasteiger partial charge in [-0.1, -0.05) is 32.9 Å². The fourth-order valence-corrected chi connectivity index (χ4v) is 0.508. The van der Waals surface area contributed by atoms with Crippen molar-refractivity contribution in [1.82, 2.24) is 0 Å². The van der Waals surface area contributed by atoms with E-state index in [9.17, 15) is 0 Å². The Balaban J connectivity index is 0.000000261. The van der Waals surface area contributed by atoms with E-state index in [4.69, 9.17) is 4.74 Å². The fraction of sp³-hybridized carbons (Fsp3) is 0.364. The summed E-state index contributed by atoms with van der Waals surface area (Å²) in [4.78, 5) is 0. The predicted molar refractivity (Wildman–Crippen MR) is 52.1 cm³/mol. The molecule has 0 atom stereocenters. The number of benzene rings is 1. The van der Waals surface area contributed by atoms with E-state index in [0.717, 1.165) is 5.75 Å². The molecular weight excluding hydrogens is 148 g/mol. The maximum Gasteiger partial charge on any atom is 0.118 e. The second-order valence-corrected chi connectivity index (χ2v) is 2.94. The van der Waals surface area contributed by atoms with Crippen LogP contribution in [0, 0.1) is 12.0 Å². The monoisotopic (exact) mass is 164 g/mol. The summed E-state index contributed by atoms with van der Waals surface area (Å²) >= 11 is 0. The molecule has 0 unspecified atom stereocenters. The minimum absolute atomic E-state index is 0.878. The molecule has 0 N–H and O–H groups in total. The molecule has 1 nitrogen and oxygen atoms in total. The van der Waals surface area contributed by atoms with Crippen LogP contribution in [0.4, 0.5) is 0 Å². The van der Waals surface area contributed by atoms with Crippen LogP contribution in [0.5, 0.6) is 5.75 Å². The van der Waals surface area contributed by atoms with Gasteiger partial charge in [-0.2, -0.15) is 0 Å². The summed E-state index contributed by atoms with van der Waals surface area (Å²) in [7, 11) is 1.65. The molecule has 0 aliphatic carbocycles. The van der Waals surface area contributed by atoms with Gasteiger partial charge in [0.25, 0.3) is 0 Å². The fourth-order valence-electron chi connectivity index (χ4n) is 0.508. The third-order valence-corrected chi connectivity index (χ3v) is 0.923. The summed E-state index contributed by atoms with van der Waals surface area (Å²) in [6.07, 6.45) is 0. The Morgan fingerprint density at radius 1 is 1.17 bits per heavy atom. The lowest BCUT2D eigenvalue weighted by Crippen LogP contribution is -1.78. The molecule has 1 rings (SSSR count). The van der Waals surface area contributed by atoms with Crippen molar-refractivity contribution in [3.05, 3.63) is 36.2 Å². The number of hydrogen-bond acceptors (Lipinski definition) is 1. The van der Waals surface area contributed by atoms with Gasteiger partial charge in [-0.15, -0.1) is 0 Å². The SMILES string of the molecule is COc1cc[c]cc1.C[C](C)C. The highest BCUT2D eigenvalue weighted by Crippen LogP contribution is 2.05. The molecule has 0 aliphatic rings. The molecule has 66 valence electrons. The highest BCUT2D eigenvalue weighted by Gasteiger charge is 1.80. The zero-order valence-electron chi connectivity index (χ0n) is 8.22. The first kappa shape index (κ1) is 11.0. The third-order valence-electron chi connectivity index (χ3n) is 0.923. The molecule has 0 saturated heterocycles. The van der Waals surface area contributed by atoms with Gasteiger partial charge in [0.1, 0.15) is 5.75 Å². The summed E-state index contributed by atoms with van der Waals surface area (Å²) in [5.74, 6) is 2.30. The van der Waals surface area contributed by atoms with Crippen LogP contribution in [0.3, 0.4) is 0 Å². The van der Waals surface area contributed by atoms with E-state index >= 15 is 0 Å². The van der Waals surface area contributed by atoms with E-state index in [1.807, 2.05) is 24.3 Å². The van der Waals surface area contributed by atoms with Crippen molar-refractivity contribution >= 4 is 0 Å². The van der Waals surface area contributed by atoms with Gasteiger partial charge >= 0.3 is 0 Å². The molecule has 0 amide bonds. The summed E-state index contributed by atoms with van der Waals surface area (Å²) in [5, 5.41) is 0. The van der Waals surface area contributed by atoms with Crippen molar-refractivity contribution in [2.45, 2.75) is 20.8 Å². The first-order chi connectivity index (χ1) is 5.66. The second kappa shape index (κ2) is 6.71. The molecule has 1 aromatic carbocycles. The Bertz CT molecular complexity index is 177. The summed E-state index contributed by atoms with van der Waals surface area (Å²) < 4.78 is 4.89. The standard InChI is InChI=1S/C7H7O.C4H9/c1-8-7-5-3-2-4-6-7;1-4(2)3/h3-6H,1H3;1-3H3. The van der Waals surface area contributed by atoms with E-state index in [1.54, 1.807) is 7.11 Å². The number of ether oxygens (including phenoxy) is 1. The smallest absolute Gasteiger partial charge is 0.118 e. The Morgan fingerprint density at radius 2 is 1.58 bits per heavy atom. The third kappa shape index (κ3) is 7.13. The molecule has 0 spiro atoms. The van der Waals surface area contributed by atoms with Crippen molar-refractivity contribution in [2.75, 3.05) is 7.11 Å². The van der Waals surface area contributed by atoms with Crippen LogP contribution in [-0.2, 0) is 0 Å². The highest BCUT2D eigenvalue weighted by molar-refractivity contribution is 5.19. The van der Waals surface area contributed by atoms with Gasteiger partial charge in [-0.3, -0.25) is 0 Å². The molecule has 1 aromatic rings. The molecule has 2 radical (unpaired) electrons. The van der Waals surface area contributed by atoms with Crippen molar-refractivity contribution in [3.8, 4) is 5.75 Å². The van der Waals surface area contributed by atoms with E-state index < -0.39 is 0 Å². The minimum atomic E-state index is 0.878. The lowest BCUT2D eigenvalue weighted by molar-refractivity contribution is 0.415. The normalized spacial score (nSPS) is 8.75. The van der Waals surface area contributed by atoms with Gasteiger partial charge in [0.2, 0.25) is 0 Å². The summed E-state index contributed by atoms with van der Waals surface area (Å²) in [6.45, 7) is 6.25. The Labute approximate surface area is 75.4 Å². The Morgan fingerprint density at radius 3 is 1.83 bits per heavy atom. The van der Waals surface area contributed by atoms with Crippen molar-refractivity contribution in [2.24, 2.45) is 0 Å². The maximum atomic E-state index is 4.89. The molecule has 0 aromatic heterocycles. The average Bonchev–Trinajstić information content (AvgIpc) is 2.05. The molecule has 0 fully saturated rings. The van der Waals surface area contributed by atoms with Crippen LogP contribution in [0.15, 0.2) is 24.3 Å². The predicted octanol–water partition coefficient (Wildman–Crippen LogP) is 3.12. The van der Waals surface area contributed by atoms with Crippen molar-refractivity contribution < 1.29 is 4.74 Å². The molecule has 0 aliphatic heterocycles.